The maximum Gasteiger partial charge on any atom is 0.360 e. The zero-order valence-electron chi connectivity index (χ0n) is 16.9. The van der Waals surface area contributed by atoms with Crippen LogP contribution in [0, 0.1) is 6.92 Å². The van der Waals surface area contributed by atoms with E-state index in [0.717, 1.165) is 29.9 Å². The summed E-state index contributed by atoms with van der Waals surface area (Å²) >= 11 is 1.58. The van der Waals surface area contributed by atoms with Gasteiger partial charge in [-0.15, -0.1) is 15.3 Å². The zero-order chi connectivity index (χ0) is 20.9. The quantitative estimate of drug-likeness (QED) is 0.409. The van der Waals surface area contributed by atoms with Gasteiger partial charge in [-0.05, 0) is 19.1 Å². The molecule has 1 aliphatic rings. The Morgan fingerprint density at radius 3 is 2.67 bits per heavy atom. The Morgan fingerprint density at radius 2 is 1.93 bits per heavy atom. The van der Waals surface area contributed by atoms with Crippen molar-refractivity contribution in [2.75, 3.05) is 44.1 Å². The van der Waals surface area contributed by atoms with E-state index in [4.69, 9.17) is 4.74 Å². The van der Waals surface area contributed by atoms with Crippen molar-refractivity contribution >= 4 is 23.7 Å². The molecule has 10 nitrogen and oxygen atoms in total. The number of hydrogen-bond acceptors (Lipinski definition) is 9. The van der Waals surface area contributed by atoms with Crippen molar-refractivity contribution in [2.45, 2.75) is 18.6 Å². The molecule has 11 heteroatoms. The summed E-state index contributed by atoms with van der Waals surface area (Å²) < 4.78 is 13.8. The number of aromatic nitrogens is 6. The summed E-state index contributed by atoms with van der Waals surface area (Å²) in [5, 5.41) is 17.5. The number of esters is 1. The molecule has 0 N–H and O–H groups in total. The summed E-state index contributed by atoms with van der Waals surface area (Å²) in [6.07, 6.45) is 1.58. The third-order valence-electron chi connectivity index (χ3n) is 4.69. The van der Waals surface area contributed by atoms with E-state index < -0.39 is 5.97 Å². The summed E-state index contributed by atoms with van der Waals surface area (Å²) in [6, 6.07) is 8.31. The number of benzene rings is 1. The van der Waals surface area contributed by atoms with Crippen molar-refractivity contribution < 1.29 is 14.3 Å². The highest BCUT2D eigenvalue weighted by Crippen LogP contribution is 2.27. The lowest BCUT2D eigenvalue weighted by Crippen LogP contribution is -2.37. The fourth-order valence-corrected chi connectivity index (χ4v) is 3.96. The molecule has 0 saturated carbocycles. The molecule has 0 spiro atoms. The van der Waals surface area contributed by atoms with Crippen LogP contribution in [0.15, 0.2) is 35.6 Å². The molecule has 4 rings (SSSR count). The second kappa shape index (κ2) is 9.26. The first-order chi connectivity index (χ1) is 14.7. The summed E-state index contributed by atoms with van der Waals surface area (Å²) in [7, 11) is 1.32. The van der Waals surface area contributed by atoms with Crippen LogP contribution in [-0.2, 0) is 16.0 Å². The topological polar surface area (TPSA) is 100 Å². The number of anilines is 1. The molecule has 1 saturated heterocycles. The maximum atomic E-state index is 11.5. The first kappa shape index (κ1) is 20.4. The fourth-order valence-electron chi connectivity index (χ4n) is 3.08. The van der Waals surface area contributed by atoms with E-state index in [0.29, 0.717) is 25.5 Å². The smallest absolute Gasteiger partial charge is 0.360 e. The van der Waals surface area contributed by atoms with E-state index in [9.17, 15) is 4.79 Å². The largest absolute Gasteiger partial charge is 0.464 e. The molecule has 0 aliphatic carbocycles. The Kier molecular flexibility index (Phi) is 6.29. The molecule has 158 valence electrons. The van der Waals surface area contributed by atoms with Gasteiger partial charge in [-0.3, -0.25) is 9.25 Å². The normalized spacial score (nSPS) is 14.1. The van der Waals surface area contributed by atoms with Crippen LogP contribution in [-0.4, -0.2) is 74.9 Å². The van der Waals surface area contributed by atoms with E-state index in [2.05, 4.69) is 65.9 Å². The van der Waals surface area contributed by atoms with Crippen LogP contribution >= 0.6 is 11.8 Å². The van der Waals surface area contributed by atoms with Crippen LogP contribution in [0.2, 0.25) is 0 Å². The number of nitrogens with zero attached hydrogens (tertiary/aromatic N) is 7. The number of morpholine rings is 1. The molecule has 1 aromatic carbocycles. The van der Waals surface area contributed by atoms with Crippen molar-refractivity contribution in [3.63, 3.8) is 0 Å². The summed E-state index contributed by atoms with van der Waals surface area (Å²) in [4.78, 5) is 13.7. The Bertz CT molecular complexity index is 996. The van der Waals surface area contributed by atoms with Gasteiger partial charge in [0.2, 0.25) is 5.95 Å². The van der Waals surface area contributed by atoms with E-state index >= 15 is 0 Å². The van der Waals surface area contributed by atoms with Gasteiger partial charge in [0.25, 0.3) is 0 Å². The molecule has 1 aliphatic heterocycles. The lowest BCUT2D eigenvalue weighted by atomic mass is 10.2. The lowest BCUT2D eigenvalue weighted by Gasteiger charge is -2.28. The Labute approximate surface area is 178 Å². The number of ether oxygens (including phenoxy) is 2. The Morgan fingerprint density at radius 1 is 1.17 bits per heavy atom. The predicted octanol–water partition coefficient (Wildman–Crippen LogP) is 1.58. The minimum Gasteiger partial charge on any atom is -0.464 e. The third kappa shape index (κ3) is 4.46. The van der Waals surface area contributed by atoms with Gasteiger partial charge >= 0.3 is 5.97 Å². The minimum atomic E-state index is -0.497. The second-order valence-electron chi connectivity index (χ2n) is 6.76. The number of aryl methyl sites for hydroxylation is 2. The van der Waals surface area contributed by atoms with Gasteiger partial charge < -0.3 is 14.4 Å². The third-order valence-corrected chi connectivity index (χ3v) is 5.60. The number of methoxy groups -OCH3 is 1. The molecule has 0 bridgehead atoms. The van der Waals surface area contributed by atoms with Gasteiger partial charge in [-0.1, -0.05) is 34.7 Å². The maximum absolute atomic E-state index is 11.5. The molecule has 30 heavy (non-hydrogen) atoms. The van der Waals surface area contributed by atoms with Crippen molar-refractivity contribution in [1.29, 1.82) is 0 Å². The van der Waals surface area contributed by atoms with Gasteiger partial charge in [-0.25, -0.2) is 4.79 Å². The molecule has 0 amide bonds. The highest BCUT2D eigenvalue weighted by atomic mass is 32.2. The number of hydrogen-bond donors (Lipinski definition) is 0. The Balaban J connectivity index is 1.52. The van der Waals surface area contributed by atoms with Crippen molar-refractivity contribution in [3.05, 3.63) is 41.7 Å². The van der Waals surface area contributed by atoms with Crippen LogP contribution < -0.4 is 4.90 Å². The molecule has 1 fully saturated rings. The van der Waals surface area contributed by atoms with Crippen LogP contribution in [0.4, 0.5) is 5.95 Å². The van der Waals surface area contributed by atoms with Crippen LogP contribution in [0.5, 0.6) is 0 Å². The molecular formula is C19H23N7O3S. The van der Waals surface area contributed by atoms with Gasteiger partial charge in [0, 0.05) is 18.8 Å². The van der Waals surface area contributed by atoms with Crippen molar-refractivity contribution in [3.8, 4) is 5.69 Å². The molecular weight excluding hydrogens is 406 g/mol. The highest BCUT2D eigenvalue weighted by molar-refractivity contribution is 7.99. The predicted molar refractivity (Wildman–Crippen MR) is 111 cm³/mol. The number of carbonyl (C=O) groups excluding carboxylic acids is 1. The average molecular weight is 430 g/mol. The standard InChI is InChI=1S/C19H23N7O3S/c1-14-3-5-15(6-4-14)26-18(24-7-10-29-11-8-24)21-22-19(26)30-12-9-25-13-16(20-23-25)17(27)28-2/h3-6,13H,7-12H2,1-2H3. The van der Waals surface area contributed by atoms with E-state index in [1.165, 1.54) is 12.7 Å². The first-order valence-corrected chi connectivity index (χ1v) is 10.6. The molecule has 3 aromatic rings. The van der Waals surface area contributed by atoms with Gasteiger partial charge in [0.05, 0.1) is 38.8 Å². The van der Waals surface area contributed by atoms with Crippen LogP contribution in [0.3, 0.4) is 0 Å². The van der Waals surface area contributed by atoms with Gasteiger partial charge in [0.1, 0.15) is 0 Å². The monoisotopic (exact) mass is 429 g/mol. The van der Waals surface area contributed by atoms with Crippen molar-refractivity contribution in [1.82, 2.24) is 29.8 Å². The van der Waals surface area contributed by atoms with Crippen LogP contribution in [0.1, 0.15) is 16.1 Å². The minimum absolute atomic E-state index is 0.194. The molecule has 0 radical (unpaired) electrons. The summed E-state index contributed by atoms with van der Waals surface area (Å²) in [5.41, 5.74) is 2.41. The Hall–Kier alpha value is -2.92. The second-order valence-corrected chi connectivity index (χ2v) is 7.82. The number of rotatable bonds is 7. The molecule has 2 aromatic heterocycles. The SMILES string of the molecule is COC(=O)c1cn(CCSc2nnc(N3CCOCC3)n2-c2ccc(C)cc2)nn1. The molecule has 0 unspecified atom stereocenters. The molecule has 0 atom stereocenters. The van der Waals surface area contributed by atoms with E-state index in [1.807, 2.05) is 0 Å². The average Bonchev–Trinajstić information content (AvgIpc) is 3.42. The summed E-state index contributed by atoms with van der Waals surface area (Å²) in [5.74, 6) is 1.01. The van der Waals surface area contributed by atoms with E-state index in [-0.39, 0.29) is 5.69 Å². The highest BCUT2D eigenvalue weighted by Gasteiger charge is 2.22. The lowest BCUT2D eigenvalue weighted by molar-refractivity contribution is 0.0594. The van der Waals surface area contributed by atoms with E-state index in [1.54, 1.807) is 22.6 Å². The van der Waals surface area contributed by atoms with Crippen molar-refractivity contribution in [2.24, 2.45) is 0 Å². The zero-order valence-corrected chi connectivity index (χ0v) is 17.7. The van der Waals surface area contributed by atoms with Gasteiger partial charge in [0.15, 0.2) is 10.9 Å². The summed E-state index contributed by atoms with van der Waals surface area (Å²) in [6.45, 7) is 5.56. The van der Waals surface area contributed by atoms with Crippen LogP contribution in [0.25, 0.3) is 5.69 Å². The van der Waals surface area contributed by atoms with Gasteiger partial charge in [-0.2, -0.15) is 0 Å². The number of thioether (sulfide) groups is 1. The fraction of sp³-hybridized carbons (Fsp3) is 0.421. The first-order valence-electron chi connectivity index (χ1n) is 9.62. The molecule has 3 heterocycles. The number of carbonyl (C=O) groups is 1.